The maximum absolute atomic E-state index is 6.50. The second-order valence-electron chi connectivity index (χ2n) is 8.25. The Hall–Kier alpha value is -4.01. The minimum atomic E-state index is 0.715. The number of fused-ring (bicyclic) bond motifs is 6. The molecule has 0 radical (unpaired) electrons. The maximum Gasteiger partial charge on any atom is 0.143 e. The van der Waals surface area contributed by atoms with Gasteiger partial charge in [-0.2, -0.15) is 0 Å². The van der Waals surface area contributed by atoms with E-state index in [1.807, 2.05) is 60.7 Å². The molecule has 0 aliphatic carbocycles. The third-order valence-corrected chi connectivity index (χ3v) is 6.59. The van der Waals surface area contributed by atoms with Gasteiger partial charge >= 0.3 is 0 Å². The first kappa shape index (κ1) is 18.6. The number of para-hydroxylation sites is 2. The summed E-state index contributed by atoms with van der Waals surface area (Å²) in [6.45, 7) is 0. The Balaban J connectivity index is 1.62. The van der Waals surface area contributed by atoms with E-state index < -0.39 is 0 Å². The largest absolute Gasteiger partial charge is 0.456 e. The molecule has 0 amide bonds. The topological polar surface area (TPSA) is 26.3 Å². The molecule has 0 bridgehead atoms. The Bertz CT molecular complexity index is 1840. The number of furan rings is 2. The van der Waals surface area contributed by atoms with Crippen molar-refractivity contribution in [2.75, 3.05) is 0 Å². The van der Waals surface area contributed by atoms with Crippen LogP contribution in [-0.4, -0.2) is 0 Å². The molecule has 0 aliphatic rings. The molecule has 2 heterocycles. The Morgan fingerprint density at radius 3 is 1.97 bits per heavy atom. The molecule has 2 aromatic heterocycles. The average molecular weight is 445 g/mol. The van der Waals surface area contributed by atoms with E-state index in [9.17, 15) is 0 Å². The molecule has 33 heavy (non-hydrogen) atoms. The van der Waals surface area contributed by atoms with E-state index in [0.29, 0.717) is 5.02 Å². The Morgan fingerprint density at radius 2 is 1.15 bits per heavy atom. The molecule has 2 nitrogen and oxygen atoms in total. The molecule has 0 saturated heterocycles. The summed E-state index contributed by atoms with van der Waals surface area (Å²) in [4.78, 5) is 0. The molecule has 0 spiro atoms. The van der Waals surface area contributed by atoms with Crippen LogP contribution in [-0.2, 0) is 0 Å². The van der Waals surface area contributed by atoms with Crippen molar-refractivity contribution in [1.29, 1.82) is 0 Å². The zero-order valence-electron chi connectivity index (χ0n) is 17.5. The van der Waals surface area contributed by atoms with Gasteiger partial charge in [0.05, 0.1) is 0 Å². The molecular weight excluding hydrogens is 428 g/mol. The van der Waals surface area contributed by atoms with E-state index in [1.165, 1.54) is 0 Å². The molecule has 7 rings (SSSR count). The molecule has 3 heteroatoms. The summed E-state index contributed by atoms with van der Waals surface area (Å²) in [6, 6.07) is 34.9. The fourth-order valence-electron chi connectivity index (χ4n) is 4.94. The van der Waals surface area contributed by atoms with Gasteiger partial charge in [0.2, 0.25) is 0 Å². The average Bonchev–Trinajstić information content (AvgIpc) is 3.42. The van der Waals surface area contributed by atoms with E-state index >= 15 is 0 Å². The first-order valence-electron chi connectivity index (χ1n) is 10.9. The van der Waals surface area contributed by atoms with Crippen LogP contribution in [0.3, 0.4) is 0 Å². The highest BCUT2D eigenvalue weighted by Crippen LogP contribution is 2.44. The fraction of sp³-hybridized carbons (Fsp3) is 0. The second kappa shape index (κ2) is 6.99. The lowest BCUT2D eigenvalue weighted by molar-refractivity contribution is 0.668. The van der Waals surface area contributed by atoms with Gasteiger partial charge in [-0.25, -0.2) is 0 Å². The standard InChI is InChI=1S/C30H17ClO2/c31-19-8-5-7-18(17-19)20-15-16-22(30-29(20)24-10-2-4-13-26(24)33-30)21-11-6-14-27-28(21)23-9-1-3-12-25(23)32-27/h1-17H. The summed E-state index contributed by atoms with van der Waals surface area (Å²) in [5.74, 6) is 0. The molecule has 0 N–H and O–H groups in total. The summed E-state index contributed by atoms with van der Waals surface area (Å²) in [5, 5.41) is 5.10. The monoisotopic (exact) mass is 444 g/mol. The molecule has 0 fully saturated rings. The molecule has 0 aliphatic heterocycles. The van der Waals surface area contributed by atoms with Crippen molar-refractivity contribution in [1.82, 2.24) is 0 Å². The first-order valence-corrected chi connectivity index (χ1v) is 11.3. The molecule has 5 aromatic carbocycles. The number of hydrogen-bond acceptors (Lipinski definition) is 2. The van der Waals surface area contributed by atoms with Crippen LogP contribution < -0.4 is 0 Å². The predicted octanol–water partition coefficient (Wildman–Crippen LogP) is 9.47. The smallest absolute Gasteiger partial charge is 0.143 e. The van der Waals surface area contributed by atoms with E-state index in [4.69, 9.17) is 20.4 Å². The Kier molecular flexibility index (Phi) is 3.93. The van der Waals surface area contributed by atoms with Gasteiger partial charge in [-0.1, -0.05) is 78.3 Å². The maximum atomic E-state index is 6.50. The van der Waals surface area contributed by atoms with Crippen molar-refractivity contribution in [3.63, 3.8) is 0 Å². The molecule has 156 valence electrons. The fourth-order valence-corrected chi connectivity index (χ4v) is 5.13. The van der Waals surface area contributed by atoms with Crippen LogP contribution in [0.4, 0.5) is 0 Å². The van der Waals surface area contributed by atoms with Crippen LogP contribution >= 0.6 is 11.6 Å². The van der Waals surface area contributed by atoms with Crippen molar-refractivity contribution < 1.29 is 8.83 Å². The van der Waals surface area contributed by atoms with Crippen molar-refractivity contribution in [3.8, 4) is 22.3 Å². The lowest BCUT2D eigenvalue weighted by Crippen LogP contribution is -1.85. The van der Waals surface area contributed by atoms with Gasteiger partial charge in [0, 0.05) is 32.1 Å². The molecule has 7 aromatic rings. The molecular formula is C30H17ClO2. The predicted molar refractivity (Wildman–Crippen MR) is 137 cm³/mol. The van der Waals surface area contributed by atoms with Crippen LogP contribution in [0.2, 0.25) is 5.02 Å². The van der Waals surface area contributed by atoms with Gasteiger partial charge in [-0.3, -0.25) is 0 Å². The molecule has 0 unspecified atom stereocenters. The highest BCUT2D eigenvalue weighted by atomic mass is 35.5. The van der Waals surface area contributed by atoms with Crippen molar-refractivity contribution in [3.05, 3.63) is 108 Å². The third-order valence-electron chi connectivity index (χ3n) is 6.35. The summed E-state index contributed by atoms with van der Waals surface area (Å²) in [5.41, 5.74) is 7.80. The zero-order valence-corrected chi connectivity index (χ0v) is 18.3. The van der Waals surface area contributed by atoms with Crippen LogP contribution in [0, 0.1) is 0 Å². The van der Waals surface area contributed by atoms with Gasteiger partial charge < -0.3 is 8.83 Å². The van der Waals surface area contributed by atoms with Gasteiger partial charge in [-0.15, -0.1) is 0 Å². The van der Waals surface area contributed by atoms with Gasteiger partial charge in [0.1, 0.15) is 22.3 Å². The van der Waals surface area contributed by atoms with E-state index in [2.05, 4.69) is 42.5 Å². The second-order valence-corrected chi connectivity index (χ2v) is 8.69. The Labute approximate surface area is 194 Å². The normalized spacial score (nSPS) is 11.8. The first-order chi connectivity index (χ1) is 16.3. The van der Waals surface area contributed by atoms with Crippen LogP contribution in [0.15, 0.2) is 112 Å². The van der Waals surface area contributed by atoms with Crippen molar-refractivity contribution in [2.45, 2.75) is 0 Å². The highest BCUT2D eigenvalue weighted by Gasteiger charge is 2.20. The van der Waals surface area contributed by atoms with E-state index in [-0.39, 0.29) is 0 Å². The number of halogens is 1. The van der Waals surface area contributed by atoms with Crippen LogP contribution in [0.1, 0.15) is 0 Å². The number of benzene rings is 5. The van der Waals surface area contributed by atoms with Gasteiger partial charge in [0.15, 0.2) is 0 Å². The van der Waals surface area contributed by atoms with Crippen molar-refractivity contribution >= 4 is 55.5 Å². The molecule has 0 saturated carbocycles. The van der Waals surface area contributed by atoms with Crippen molar-refractivity contribution in [2.24, 2.45) is 0 Å². The summed E-state index contributed by atoms with van der Waals surface area (Å²) in [6.07, 6.45) is 0. The Morgan fingerprint density at radius 1 is 0.485 bits per heavy atom. The van der Waals surface area contributed by atoms with Crippen LogP contribution in [0.5, 0.6) is 0 Å². The third kappa shape index (κ3) is 2.75. The SMILES string of the molecule is Clc1cccc(-c2ccc(-c3cccc4oc5ccccc5c34)c3oc4ccccc4c23)c1. The van der Waals surface area contributed by atoms with Gasteiger partial charge in [0.25, 0.3) is 0 Å². The highest BCUT2D eigenvalue weighted by molar-refractivity contribution is 6.31. The zero-order chi connectivity index (χ0) is 21.9. The van der Waals surface area contributed by atoms with E-state index in [0.717, 1.165) is 66.1 Å². The summed E-state index contributed by atoms with van der Waals surface area (Å²) in [7, 11) is 0. The minimum Gasteiger partial charge on any atom is -0.456 e. The van der Waals surface area contributed by atoms with Crippen LogP contribution in [0.25, 0.3) is 66.1 Å². The number of rotatable bonds is 2. The number of hydrogen-bond donors (Lipinski definition) is 0. The minimum absolute atomic E-state index is 0.715. The summed E-state index contributed by atoms with van der Waals surface area (Å²) < 4.78 is 12.7. The quantitative estimate of drug-likeness (QED) is 0.265. The van der Waals surface area contributed by atoms with Gasteiger partial charge in [-0.05, 0) is 53.1 Å². The lowest BCUT2D eigenvalue weighted by atomic mass is 9.93. The lowest BCUT2D eigenvalue weighted by Gasteiger charge is -2.10. The molecule has 0 atom stereocenters. The summed E-state index contributed by atoms with van der Waals surface area (Å²) >= 11 is 6.34. The van der Waals surface area contributed by atoms with E-state index in [1.54, 1.807) is 0 Å².